The Labute approximate surface area is 131 Å². The van der Waals surface area contributed by atoms with Crippen LogP contribution in [0.3, 0.4) is 0 Å². The van der Waals surface area contributed by atoms with E-state index in [1.165, 1.54) is 17.7 Å². The summed E-state index contributed by atoms with van der Waals surface area (Å²) in [6, 6.07) is 8.20. The van der Waals surface area contributed by atoms with Crippen molar-refractivity contribution in [3.05, 3.63) is 47.5 Å². The first kappa shape index (κ1) is 15.8. The molecule has 0 unspecified atom stereocenters. The SMILES string of the molecule is CCC/C=C/COc1ccc(-c2ncc(CCC)s2)cc1. The molecular formula is C18H23NOS. The number of hydrogen-bond acceptors (Lipinski definition) is 3. The number of aromatic nitrogens is 1. The predicted molar refractivity (Wildman–Crippen MR) is 91.1 cm³/mol. The largest absolute Gasteiger partial charge is 0.490 e. The summed E-state index contributed by atoms with van der Waals surface area (Å²) >= 11 is 1.78. The van der Waals surface area contributed by atoms with Gasteiger partial charge in [0, 0.05) is 16.6 Å². The third-order valence-corrected chi connectivity index (χ3v) is 4.23. The van der Waals surface area contributed by atoms with Crippen molar-refractivity contribution in [2.24, 2.45) is 0 Å². The second kappa shape index (κ2) is 8.63. The monoisotopic (exact) mass is 301 g/mol. The van der Waals surface area contributed by atoms with Gasteiger partial charge in [-0.3, -0.25) is 0 Å². The van der Waals surface area contributed by atoms with Gasteiger partial charge >= 0.3 is 0 Å². The number of ether oxygens (including phenoxy) is 1. The van der Waals surface area contributed by atoms with Gasteiger partial charge in [-0.2, -0.15) is 0 Å². The molecule has 0 radical (unpaired) electrons. The normalized spacial score (nSPS) is 11.1. The Kier molecular flexibility index (Phi) is 6.48. The Bertz CT molecular complexity index is 557. The maximum absolute atomic E-state index is 5.68. The van der Waals surface area contributed by atoms with Crippen LogP contribution in [-0.4, -0.2) is 11.6 Å². The average Bonchev–Trinajstić information content (AvgIpc) is 2.97. The Hall–Kier alpha value is -1.61. The van der Waals surface area contributed by atoms with Crippen molar-refractivity contribution in [1.82, 2.24) is 4.98 Å². The van der Waals surface area contributed by atoms with Gasteiger partial charge in [0.1, 0.15) is 17.4 Å². The Morgan fingerprint density at radius 1 is 1.10 bits per heavy atom. The van der Waals surface area contributed by atoms with E-state index in [0.717, 1.165) is 29.2 Å². The smallest absolute Gasteiger partial charge is 0.123 e. The van der Waals surface area contributed by atoms with Crippen molar-refractivity contribution in [1.29, 1.82) is 0 Å². The van der Waals surface area contributed by atoms with E-state index in [-0.39, 0.29) is 0 Å². The van der Waals surface area contributed by atoms with E-state index < -0.39 is 0 Å². The van der Waals surface area contributed by atoms with Gasteiger partial charge in [-0.25, -0.2) is 4.98 Å². The molecule has 2 nitrogen and oxygen atoms in total. The highest BCUT2D eigenvalue weighted by molar-refractivity contribution is 7.15. The highest BCUT2D eigenvalue weighted by Crippen LogP contribution is 2.27. The van der Waals surface area contributed by atoms with Crippen LogP contribution in [0.4, 0.5) is 0 Å². The van der Waals surface area contributed by atoms with Gasteiger partial charge in [-0.05, 0) is 37.1 Å². The molecule has 21 heavy (non-hydrogen) atoms. The molecule has 0 N–H and O–H groups in total. The van der Waals surface area contributed by atoms with Crippen LogP contribution in [0.25, 0.3) is 10.6 Å². The van der Waals surface area contributed by atoms with Crippen LogP contribution in [-0.2, 0) is 6.42 Å². The summed E-state index contributed by atoms with van der Waals surface area (Å²) in [5.41, 5.74) is 1.16. The zero-order valence-corrected chi connectivity index (χ0v) is 13.7. The molecule has 0 fully saturated rings. The van der Waals surface area contributed by atoms with Crippen LogP contribution in [0.1, 0.15) is 38.0 Å². The lowest BCUT2D eigenvalue weighted by molar-refractivity contribution is 0.362. The quantitative estimate of drug-likeness (QED) is 0.601. The molecule has 0 saturated heterocycles. The summed E-state index contributed by atoms with van der Waals surface area (Å²) in [5.74, 6) is 0.908. The highest BCUT2D eigenvalue weighted by atomic mass is 32.1. The maximum Gasteiger partial charge on any atom is 0.123 e. The fraction of sp³-hybridized carbons (Fsp3) is 0.389. The molecule has 0 spiro atoms. The van der Waals surface area contributed by atoms with Gasteiger partial charge in [0.05, 0.1) is 0 Å². The van der Waals surface area contributed by atoms with E-state index in [1.807, 2.05) is 18.3 Å². The molecule has 1 heterocycles. The second-order valence-corrected chi connectivity index (χ2v) is 6.09. The van der Waals surface area contributed by atoms with Crippen molar-refractivity contribution in [3.8, 4) is 16.3 Å². The Morgan fingerprint density at radius 3 is 2.62 bits per heavy atom. The highest BCUT2D eigenvalue weighted by Gasteiger charge is 2.04. The number of rotatable bonds is 8. The topological polar surface area (TPSA) is 22.1 Å². The summed E-state index contributed by atoms with van der Waals surface area (Å²) < 4.78 is 5.68. The first-order valence-corrected chi connectivity index (χ1v) is 8.48. The maximum atomic E-state index is 5.68. The number of thiazole rings is 1. The molecule has 1 aromatic carbocycles. The number of benzene rings is 1. The molecule has 0 aliphatic rings. The average molecular weight is 301 g/mol. The lowest BCUT2D eigenvalue weighted by Crippen LogP contribution is -1.92. The minimum absolute atomic E-state index is 0.636. The number of nitrogens with zero attached hydrogens (tertiary/aromatic N) is 1. The summed E-state index contributed by atoms with van der Waals surface area (Å²) in [6.07, 6.45) is 10.8. The van der Waals surface area contributed by atoms with Crippen molar-refractivity contribution in [2.45, 2.75) is 39.5 Å². The first-order chi connectivity index (χ1) is 10.3. The minimum Gasteiger partial charge on any atom is -0.490 e. The molecule has 2 aromatic rings. The zero-order valence-electron chi connectivity index (χ0n) is 12.8. The van der Waals surface area contributed by atoms with E-state index in [9.17, 15) is 0 Å². The van der Waals surface area contributed by atoms with Crippen molar-refractivity contribution in [2.75, 3.05) is 6.61 Å². The number of hydrogen-bond donors (Lipinski definition) is 0. The van der Waals surface area contributed by atoms with Crippen molar-refractivity contribution < 1.29 is 4.74 Å². The number of aryl methyl sites for hydroxylation is 1. The summed E-state index contributed by atoms with van der Waals surface area (Å²) in [7, 11) is 0. The Morgan fingerprint density at radius 2 is 1.90 bits per heavy atom. The lowest BCUT2D eigenvalue weighted by atomic mass is 10.2. The molecule has 112 valence electrons. The molecule has 1 aromatic heterocycles. The number of unbranched alkanes of at least 4 members (excludes halogenated alkanes) is 1. The fourth-order valence-electron chi connectivity index (χ4n) is 1.99. The van der Waals surface area contributed by atoms with Crippen molar-refractivity contribution in [3.63, 3.8) is 0 Å². The second-order valence-electron chi connectivity index (χ2n) is 4.98. The van der Waals surface area contributed by atoms with Gasteiger partial charge in [-0.1, -0.05) is 38.8 Å². The van der Waals surface area contributed by atoms with Gasteiger partial charge in [0.25, 0.3) is 0 Å². The third-order valence-electron chi connectivity index (χ3n) is 3.12. The third kappa shape index (κ3) is 5.01. The summed E-state index contributed by atoms with van der Waals surface area (Å²) in [5, 5.41) is 1.09. The minimum atomic E-state index is 0.636. The van der Waals surface area contributed by atoms with Gasteiger partial charge in [0.15, 0.2) is 0 Å². The molecule has 0 bridgehead atoms. The van der Waals surface area contributed by atoms with Crippen LogP contribution in [0.5, 0.6) is 5.75 Å². The number of allylic oxidation sites excluding steroid dienone is 1. The van der Waals surface area contributed by atoms with Gasteiger partial charge in [0.2, 0.25) is 0 Å². The molecule has 0 aliphatic heterocycles. The van der Waals surface area contributed by atoms with Crippen molar-refractivity contribution >= 4 is 11.3 Å². The van der Waals surface area contributed by atoms with Gasteiger partial charge < -0.3 is 4.74 Å². The van der Waals surface area contributed by atoms with E-state index >= 15 is 0 Å². The molecule has 3 heteroatoms. The zero-order chi connectivity index (χ0) is 14.9. The molecule has 0 saturated carbocycles. The van der Waals surface area contributed by atoms with Crippen LogP contribution in [0.2, 0.25) is 0 Å². The first-order valence-electron chi connectivity index (χ1n) is 7.66. The predicted octanol–water partition coefficient (Wildman–Crippen LogP) is 5.50. The van der Waals surface area contributed by atoms with E-state index in [0.29, 0.717) is 6.61 Å². The Balaban J connectivity index is 1.91. The van der Waals surface area contributed by atoms with E-state index in [4.69, 9.17) is 4.74 Å². The van der Waals surface area contributed by atoms with Gasteiger partial charge in [-0.15, -0.1) is 11.3 Å². The van der Waals surface area contributed by atoms with E-state index in [2.05, 4.69) is 43.1 Å². The standard InChI is InChI=1S/C18H23NOS/c1-3-5-6-7-13-20-16-11-9-15(10-12-16)18-19-14-17(21-18)8-4-2/h6-7,9-12,14H,3-5,8,13H2,1-2H3/b7-6+. The van der Waals surface area contributed by atoms with Crippen LogP contribution < -0.4 is 4.74 Å². The summed E-state index contributed by atoms with van der Waals surface area (Å²) in [4.78, 5) is 5.85. The molecule has 2 rings (SSSR count). The molecule has 0 aliphatic carbocycles. The molecule has 0 amide bonds. The fourth-order valence-corrected chi connectivity index (χ4v) is 3.01. The van der Waals surface area contributed by atoms with Crippen LogP contribution >= 0.6 is 11.3 Å². The molecular weight excluding hydrogens is 278 g/mol. The lowest BCUT2D eigenvalue weighted by Gasteiger charge is -2.03. The van der Waals surface area contributed by atoms with Crippen LogP contribution in [0, 0.1) is 0 Å². The summed E-state index contributed by atoms with van der Waals surface area (Å²) in [6.45, 7) is 5.01. The molecule has 0 atom stereocenters. The van der Waals surface area contributed by atoms with Crippen LogP contribution in [0.15, 0.2) is 42.6 Å². The van der Waals surface area contributed by atoms with E-state index in [1.54, 1.807) is 11.3 Å².